The molecule has 2 N–H and O–H groups in total. The van der Waals surface area contributed by atoms with Gasteiger partial charge in [0.05, 0.1) is 0 Å². The molecule has 0 saturated heterocycles. The third-order valence-electron chi connectivity index (χ3n) is 8.22. The lowest BCUT2D eigenvalue weighted by Crippen LogP contribution is -2.12. The summed E-state index contributed by atoms with van der Waals surface area (Å²) in [5.41, 5.74) is 11.8. The van der Waals surface area contributed by atoms with Crippen LogP contribution in [-0.4, -0.2) is 14.1 Å². The van der Waals surface area contributed by atoms with Crippen molar-refractivity contribution in [2.45, 2.75) is 52.4 Å². The maximum Gasteiger partial charge on any atom is 0.0463 e. The Morgan fingerprint density at radius 1 is 0.386 bits per heavy atom. The number of benzene rings is 5. The fourth-order valence-corrected chi connectivity index (χ4v) is 5.58. The van der Waals surface area contributed by atoms with Crippen molar-refractivity contribution in [3.05, 3.63) is 132 Å². The number of anilines is 8. The molecule has 0 atom stereocenters. The third-order valence-corrected chi connectivity index (χ3v) is 8.22. The van der Waals surface area contributed by atoms with E-state index in [-0.39, 0.29) is 0 Å². The average molecular weight is 583 g/mol. The zero-order valence-electron chi connectivity index (χ0n) is 26.7. The van der Waals surface area contributed by atoms with Gasteiger partial charge in [0.25, 0.3) is 0 Å². The lowest BCUT2D eigenvalue weighted by Gasteiger charge is -2.28. The highest BCUT2D eigenvalue weighted by Crippen LogP contribution is 2.39. The van der Waals surface area contributed by atoms with E-state index in [0.29, 0.717) is 0 Å². The van der Waals surface area contributed by atoms with Crippen LogP contribution in [0.1, 0.15) is 50.7 Å². The average Bonchev–Trinajstić information content (AvgIpc) is 3.09. The maximum atomic E-state index is 3.24. The minimum Gasteiger partial charge on any atom is -0.388 e. The summed E-state index contributed by atoms with van der Waals surface area (Å²) in [5, 5.41) is 6.49. The Morgan fingerprint density at radius 3 is 0.886 bits per heavy atom. The molecule has 0 spiro atoms. The van der Waals surface area contributed by atoms with E-state index >= 15 is 0 Å². The molecule has 0 bridgehead atoms. The van der Waals surface area contributed by atoms with E-state index in [1.165, 1.54) is 36.8 Å². The lowest BCUT2D eigenvalue weighted by atomic mass is 10.1. The molecule has 0 saturated carbocycles. The summed E-state index contributed by atoms with van der Waals surface area (Å²) < 4.78 is 0. The van der Waals surface area contributed by atoms with Crippen LogP contribution in [0.15, 0.2) is 121 Å². The molecule has 0 aliphatic rings. The van der Waals surface area contributed by atoms with Crippen LogP contribution in [0.25, 0.3) is 0 Å². The second-order valence-electron chi connectivity index (χ2n) is 11.3. The van der Waals surface area contributed by atoms with Gasteiger partial charge in [-0.1, -0.05) is 51.0 Å². The Bertz CT molecular complexity index is 1430. The summed E-state index contributed by atoms with van der Waals surface area (Å²) >= 11 is 0. The van der Waals surface area contributed by atoms with E-state index in [1.54, 1.807) is 0 Å². The van der Waals surface area contributed by atoms with Crippen LogP contribution in [0.2, 0.25) is 0 Å². The van der Waals surface area contributed by atoms with Crippen molar-refractivity contribution in [1.82, 2.24) is 0 Å². The molecule has 5 aromatic carbocycles. The molecule has 0 radical (unpaired) electrons. The number of rotatable bonds is 14. The minimum absolute atomic E-state index is 1.10. The van der Waals surface area contributed by atoms with Crippen LogP contribution in [-0.2, 0) is 12.8 Å². The van der Waals surface area contributed by atoms with Gasteiger partial charge in [-0.15, -0.1) is 0 Å². The van der Waals surface area contributed by atoms with Gasteiger partial charge in [-0.25, -0.2) is 0 Å². The standard InChI is InChI=1S/C40H46N4/c1-5-7-9-31-11-19-35(20-12-31)43(37-23-15-33(41-3)16-24-37)39-27-29-40(30-28-39)44(38-25-17-34(42-4)18-26-38)36-21-13-32(14-22-36)10-8-6-2/h11-30,41-42H,5-10H2,1-4H3. The van der Waals surface area contributed by atoms with Gasteiger partial charge in [-0.05, 0) is 134 Å². The van der Waals surface area contributed by atoms with E-state index in [0.717, 1.165) is 58.3 Å². The molecule has 5 rings (SSSR count). The Labute approximate surface area is 264 Å². The van der Waals surface area contributed by atoms with E-state index in [2.05, 4.69) is 156 Å². The van der Waals surface area contributed by atoms with Crippen LogP contribution >= 0.6 is 0 Å². The van der Waals surface area contributed by atoms with Crippen molar-refractivity contribution >= 4 is 45.5 Å². The zero-order chi connectivity index (χ0) is 30.7. The first-order chi connectivity index (χ1) is 21.6. The van der Waals surface area contributed by atoms with E-state index < -0.39 is 0 Å². The molecular weight excluding hydrogens is 536 g/mol. The molecule has 0 fully saturated rings. The molecule has 0 aliphatic carbocycles. The summed E-state index contributed by atoms with van der Waals surface area (Å²) in [6.07, 6.45) is 7.08. The first-order valence-electron chi connectivity index (χ1n) is 16.1. The van der Waals surface area contributed by atoms with E-state index in [1.807, 2.05) is 14.1 Å². The smallest absolute Gasteiger partial charge is 0.0463 e. The number of hydrogen-bond acceptors (Lipinski definition) is 4. The van der Waals surface area contributed by atoms with E-state index in [4.69, 9.17) is 0 Å². The van der Waals surface area contributed by atoms with Crippen LogP contribution in [0.5, 0.6) is 0 Å². The van der Waals surface area contributed by atoms with Crippen molar-refractivity contribution in [3.63, 3.8) is 0 Å². The topological polar surface area (TPSA) is 30.5 Å². The summed E-state index contributed by atoms with van der Waals surface area (Å²) in [7, 11) is 3.91. The van der Waals surface area contributed by atoms with Gasteiger partial charge in [0.2, 0.25) is 0 Å². The highest BCUT2D eigenvalue weighted by molar-refractivity contribution is 5.82. The van der Waals surface area contributed by atoms with Crippen molar-refractivity contribution in [1.29, 1.82) is 0 Å². The monoisotopic (exact) mass is 582 g/mol. The second kappa shape index (κ2) is 15.2. The van der Waals surface area contributed by atoms with Gasteiger partial charge in [0.1, 0.15) is 0 Å². The van der Waals surface area contributed by atoms with Gasteiger partial charge in [-0.2, -0.15) is 0 Å². The molecule has 4 heteroatoms. The molecule has 4 nitrogen and oxygen atoms in total. The number of nitrogens with one attached hydrogen (secondary N) is 2. The first-order valence-corrected chi connectivity index (χ1v) is 16.1. The SMILES string of the molecule is CCCCc1ccc(N(c2ccc(NC)cc2)c2ccc(N(c3ccc(CCCC)cc3)c3ccc(NC)cc3)cc2)cc1. The summed E-state index contributed by atoms with van der Waals surface area (Å²) in [5.74, 6) is 0. The normalized spacial score (nSPS) is 10.8. The predicted octanol–water partition coefficient (Wildman–Crippen LogP) is 11.4. The number of unbranched alkanes of at least 4 members (excludes halogenated alkanes) is 2. The lowest BCUT2D eigenvalue weighted by molar-refractivity contribution is 0.795. The highest BCUT2D eigenvalue weighted by Gasteiger charge is 2.16. The zero-order valence-corrected chi connectivity index (χ0v) is 26.7. The Balaban J connectivity index is 1.52. The van der Waals surface area contributed by atoms with E-state index in [9.17, 15) is 0 Å². The fraction of sp³-hybridized carbons (Fsp3) is 0.250. The predicted molar refractivity (Wildman–Crippen MR) is 192 cm³/mol. The number of hydrogen-bond donors (Lipinski definition) is 2. The van der Waals surface area contributed by atoms with Gasteiger partial charge in [0, 0.05) is 59.6 Å². The van der Waals surface area contributed by atoms with Gasteiger partial charge in [-0.3, -0.25) is 0 Å². The van der Waals surface area contributed by atoms with Gasteiger partial charge < -0.3 is 20.4 Å². The molecule has 0 aromatic heterocycles. The van der Waals surface area contributed by atoms with Crippen LogP contribution < -0.4 is 20.4 Å². The fourth-order valence-electron chi connectivity index (χ4n) is 5.58. The first kappa shape index (κ1) is 30.7. The molecule has 5 aromatic rings. The molecule has 0 amide bonds. The molecule has 0 unspecified atom stereocenters. The minimum atomic E-state index is 1.10. The number of nitrogens with zero attached hydrogens (tertiary/aromatic N) is 2. The molecule has 44 heavy (non-hydrogen) atoms. The van der Waals surface area contributed by atoms with Crippen LogP contribution in [0.4, 0.5) is 45.5 Å². The Morgan fingerprint density at radius 2 is 0.636 bits per heavy atom. The molecule has 0 aliphatic heterocycles. The number of aryl methyl sites for hydroxylation is 2. The summed E-state index contributed by atoms with van der Waals surface area (Å²) in [6.45, 7) is 4.49. The van der Waals surface area contributed by atoms with Crippen molar-refractivity contribution in [2.75, 3.05) is 34.5 Å². The van der Waals surface area contributed by atoms with Crippen molar-refractivity contribution in [2.24, 2.45) is 0 Å². The highest BCUT2D eigenvalue weighted by atomic mass is 15.2. The summed E-state index contributed by atoms with van der Waals surface area (Å²) in [6, 6.07) is 44.3. The Kier molecular flexibility index (Phi) is 10.6. The van der Waals surface area contributed by atoms with Crippen LogP contribution in [0.3, 0.4) is 0 Å². The molecule has 0 heterocycles. The quantitative estimate of drug-likeness (QED) is 0.136. The Hall–Kier alpha value is -4.70. The summed E-state index contributed by atoms with van der Waals surface area (Å²) in [4.78, 5) is 4.67. The van der Waals surface area contributed by atoms with Gasteiger partial charge >= 0.3 is 0 Å². The van der Waals surface area contributed by atoms with Crippen molar-refractivity contribution < 1.29 is 0 Å². The van der Waals surface area contributed by atoms with Gasteiger partial charge in [0.15, 0.2) is 0 Å². The maximum absolute atomic E-state index is 3.24. The molecular formula is C40H46N4. The van der Waals surface area contributed by atoms with Crippen LogP contribution in [0, 0.1) is 0 Å². The molecule has 226 valence electrons. The van der Waals surface area contributed by atoms with Crippen molar-refractivity contribution in [3.8, 4) is 0 Å². The largest absolute Gasteiger partial charge is 0.388 e. The second-order valence-corrected chi connectivity index (χ2v) is 11.3. The third kappa shape index (κ3) is 7.44.